The number of carbonyl (C=O) groups excluding carboxylic acids is 1. The highest BCUT2D eigenvalue weighted by atomic mass is 16.5. The lowest BCUT2D eigenvalue weighted by atomic mass is 10.1. The van der Waals surface area contributed by atoms with Gasteiger partial charge >= 0.3 is 0 Å². The predicted octanol–water partition coefficient (Wildman–Crippen LogP) is 1.66. The van der Waals surface area contributed by atoms with Crippen molar-refractivity contribution >= 4 is 5.91 Å². The normalized spacial score (nSPS) is 15.9. The van der Waals surface area contributed by atoms with E-state index in [1.165, 1.54) is 0 Å². The van der Waals surface area contributed by atoms with E-state index >= 15 is 0 Å². The molecule has 1 saturated carbocycles. The summed E-state index contributed by atoms with van der Waals surface area (Å²) in [6.07, 6.45) is 2.84. The highest BCUT2D eigenvalue weighted by molar-refractivity contribution is 5.77. The Morgan fingerprint density at radius 1 is 1.42 bits per heavy atom. The zero-order chi connectivity index (χ0) is 13.7. The van der Waals surface area contributed by atoms with Crippen LogP contribution in [0.4, 0.5) is 0 Å². The minimum Gasteiger partial charge on any atom is -0.494 e. The van der Waals surface area contributed by atoms with E-state index in [4.69, 9.17) is 4.74 Å². The van der Waals surface area contributed by atoms with Gasteiger partial charge in [-0.15, -0.1) is 0 Å². The van der Waals surface area contributed by atoms with Gasteiger partial charge in [0.15, 0.2) is 0 Å². The van der Waals surface area contributed by atoms with Crippen molar-refractivity contribution in [1.29, 1.82) is 0 Å². The second kappa shape index (κ2) is 6.06. The molecule has 1 aliphatic carbocycles. The quantitative estimate of drug-likeness (QED) is 0.786. The van der Waals surface area contributed by atoms with Gasteiger partial charge in [0, 0.05) is 6.42 Å². The smallest absolute Gasteiger partial charge is 0.220 e. The second-order valence-corrected chi connectivity index (χ2v) is 5.03. The zero-order valence-electron chi connectivity index (χ0n) is 11.3. The minimum atomic E-state index is -0.323. The summed E-state index contributed by atoms with van der Waals surface area (Å²) < 4.78 is 5.53. The number of rotatable bonds is 7. The number of carbonyl (C=O) groups is 1. The van der Waals surface area contributed by atoms with Gasteiger partial charge in [0.1, 0.15) is 5.75 Å². The minimum absolute atomic E-state index is 0.00199. The Balaban J connectivity index is 1.86. The zero-order valence-corrected chi connectivity index (χ0v) is 11.3. The van der Waals surface area contributed by atoms with Crippen LogP contribution in [-0.2, 0) is 11.2 Å². The summed E-state index contributed by atoms with van der Waals surface area (Å²) in [5, 5.41) is 12.1. The topological polar surface area (TPSA) is 58.6 Å². The van der Waals surface area contributed by atoms with Crippen LogP contribution in [0.1, 0.15) is 31.7 Å². The number of amides is 1. The fraction of sp³-hybridized carbons (Fsp3) is 0.533. The van der Waals surface area contributed by atoms with E-state index in [2.05, 4.69) is 5.32 Å². The molecule has 1 fully saturated rings. The number of aliphatic hydroxyl groups excluding tert-OH is 1. The van der Waals surface area contributed by atoms with Crippen molar-refractivity contribution < 1.29 is 14.6 Å². The first-order chi connectivity index (χ1) is 9.19. The molecule has 0 unspecified atom stereocenters. The number of hydrogen-bond acceptors (Lipinski definition) is 3. The summed E-state index contributed by atoms with van der Waals surface area (Å²) in [7, 11) is 0. The van der Waals surface area contributed by atoms with Crippen molar-refractivity contribution in [2.24, 2.45) is 0 Å². The fourth-order valence-corrected chi connectivity index (χ4v) is 2.09. The van der Waals surface area contributed by atoms with Gasteiger partial charge in [-0.3, -0.25) is 4.79 Å². The first kappa shape index (κ1) is 13.9. The molecule has 0 heterocycles. The van der Waals surface area contributed by atoms with Gasteiger partial charge in [0.25, 0.3) is 0 Å². The first-order valence-electron chi connectivity index (χ1n) is 6.82. The Kier molecular flexibility index (Phi) is 4.43. The molecule has 0 aliphatic heterocycles. The molecule has 1 aromatic rings. The van der Waals surface area contributed by atoms with Crippen LogP contribution in [0.15, 0.2) is 24.3 Å². The predicted molar refractivity (Wildman–Crippen MR) is 73.1 cm³/mol. The van der Waals surface area contributed by atoms with Gasteiger partial charge in [0.2, 0.25) is 5.91 Å². The van der Waals surface area contributed by atoms with Gasteiger partial charge in [0.05, 0.1) is 18.8 Å². The molecule has 0 saturated heterocycles. The molecule has 0 aromatic heterocycles. The third-order valence-electron chi connectivity index (χ3n) is 3.45. The van der Waals surface area contributed by atoms with Crippen molar-refractivity contribution in [3.8, 4) is 5.75 Å². The van der Waals surface area contributed by atoms with Crippen LogP contribution in [0.2, 0.25) is 0 Å². The molecule has 1 aromatic carbocycles. The summed E-state index contributed by atoms with van der Waals surface area (Å²) in [5.41, 5.74) is 0.726. The number of aryl methyl sites for hydroxylation is 1. The van der Waals surface area contributed by atoms with E-state index in [-0.39, 0.29) is 18.1 Å². The maximum atomic E-state index is 11.8. The lowest BCUT2D eigenvalue weighted by molar-refractivity contribution is -0.122. The maximum absolute atomic E-state index is 11.8. The lowest BCUT2D eigenvalue weighted by Gasteiger charge is -2.14. The molecule has 104 valence electrons. The maximum Gasteiger partial charge on any atom is 0.220 e. The molecule has 0 bridgehead atoms. The van der Waals surface area contributed by atoms with Crippen LogP contribution in [0.25, 0.3) is 0 Å². The number of para-hydroxylation sites is 1. The second-order valence-electron chi connectivity index (χ2n) is 5.03. The Hall–Kier alpha value is -1.55. The summed E-state index contributed by atoms with van der Waals surface area (Å²) in [6.45, 7) is 2.60. The van der Waals surface area contributed by atoms with Gasteiger partial charge in [-0.2, -0.15) is 0 Å². The molecule has 19 heavy (non-hydrogen) atoms. The summed E-state index contributed by atoms with van der Waals surface area (Å²) in [6, 6.07) is 7.79. The van der Waals surface area contributed by atoms with Crippen molar-refractivity contribution in [1.82, 2.24) is 5.32 Å². The summed E-state index contributed by atoms with van der Waals surface area (Å²) in [5.74, 6) is 0.846. The number of nitrogens with one attached hydrogen (secondary N) is 1. The monoisotopic (exact) mass is 263 g/mol. The summed E-state index contributed by atoms with van der Waals surface area (Å²) in [4.78, 5) is 11.8. The molecular weight excluding hydrogens is 242 g/mol. The number of aliphatic hydroxyl groups is 1. The lowest BCUT2D eigenvalue weighted by Crippen LogP contribution is -2.39. The van der Waals surface area contributed by atoms with Gasteiger partial charge in [-0.05, 0) is 37.8 Å². The molecule has 0 spiro atoms. The van der Waals surface area contributed by atoms with Crippen LogP contribution >= 0.6 is 0 Å². The third-order valence-corrected chi connectivity index (χ3v) is 3.45. The molecular formula is C15H21NO3. The number of hydrogen-bond donors (Lipinski definition) is 2. The first-order valence-corrected chi connectivity index (χ1v) is 6.82. The van der Waals surface area contributed by atoms with Crippen molar-refractivity contribution in [2.75, 3.05) is 13.2 Å². The van der Waals surface area contributed by atoms with Crippen LogP contribution in [0, 0.1) is 0 Å². The van der Waals surface area contributed by atoms with Crippen molar-refractivity contribution in [3.05, 3.63) is 29.8 Å². The van der Waals surface area contributed by atoms with Crippen LogP contribution < -0.4 is 10.1 Å². The van der Waals surface area contributed by atoms with Crippen molar-refractivity contribution in [3.63, 3.8) is 0 Å². The van der Waals surface area contributed by atoms with Crippen LogP contribution in [0.5, 0.6) is 5.75 Å². The van der Waals surface area contributed by atoms with Gasteiger partial charge in [-0.1, -0.05) is 18.2 Å². The standard InChI is InChI=1S/C15H21NO3/c1-2-19-13-6-4-3-5-12(13)7-8-14(18)16-15(11-17)9-10-15/h3-6,17H,2,7-11H2,1H3,(H,16,18). The Morgan fingerprint density at radius 2 is 2.16 bits per heavy atom. The van der Waals surface area contributed by atoms with E-state index in [1.807, 2.05) is 31.2 Å². The summed E-state index contributed by atoms with van der Waals surface area (Å²) >= 11 is 0. The van der Waals surface area contributed by atoms with Crippen molar-refractivity contribution in [2.45, 2.75) is 38.1 Å². The van der Waals surface area contributed by atoms with Crippen LogP contribution in [-0.4, -0.2) is 29.8 Å². The molecule has 1 amide bonds. The SMILES string of the molecule is CCOc1ccccc1CCC(=O)NC1(CO)CC1. The molecule has 2 rings (SSSR count). The Morgan fingerprint density at radius 3 is 2.79 bits per heavy atom. The van der Waals surface area contributed by atoms with Gasteiger partial charge in [-0.25, -0.2) is 0 Å². The van der Waals surface area contributed by atoms with E-state index in [1.54, 1.807) is 0 Å². The van der Waals surface area contributed by atoms with E-state index < -0.39 is 0 Å². The number of benzene rings is 1. The fourth-order valence-electron chi connectivity index (χ4n) is 2.09. The Labute approximate surface area is 113 Å². The highest BCUT2D eigenvalue weighted by Crippen LogP contribution is 2.34. The largest absolute Gasteiger partial charge is 0.494 e. The van der Waals surface area contributed by atoms with E-state index in [9.17, 15) is 9.90 Å². The average Bonchev–Trinajstić information content (AvgIpc) is 3.18. The third kappa shape index (κ3) is 3.70. The number of ether oxygens (including phenoxy) is 1. The van der Waals surface area contributed by atoms with Gasteiger partial charge < -0.3 is 15.2 Å². The van der Waals surface area contributed by atoms with E-state index in [0.29, 0.717) is 19.4 Å². The van der Waals surface area contributed by atoms with Crippen LogP contribution in [0.3, 0.4) is 0 Å². The molecule has 0 atom stereocenters. The van der Waals surface area contributed by atoms with E-state index in [0.717, 1.165) is 24.2 Å². The Bertz CT molecular complexity index is 441. The average molecular weight is 263 g/mol. The molecule has 4 nitrogen and oxygen atoms in total. The molecule has 4 heteroatoms. The molecule has 1 aliphatic rings. The highest BCUT2D eigenvalue weighted by Gasteiger charge is 2.43. The molecule has 0 radical (unpaired) electrons. The molecule has 2 N–H and O–H groups in total.